The lowest BCUT2D eigenvalue weighted by molar-refractivity contribution is 0.0574. The highest BCUT2D eigenvalue weighted by molar-refractivity contribution is 7.52. The van der Waals surface area contributed by atoms with Crippen molar-refractivity contribution >= 4 is 7.60 Å². The van der Waals surface area contributed by atoms with Crippen molar-refractivity contribution in [1.29, 1.82) is 0 Å². The highest BCUT2D eigenvalue weighted by atomic mass is 31.2. The van der Waals surface area contributed by atoms with Crippen LogP contribution in [-0.2, 0) is 13.6 Å². The van der Waals surface area contributed by atoms with Gasteiger partial charge in [-0.2, -0.15) is 0 Å². The van der Waals surface area contributed by atoms with E-state index in [1.54, 1.807) is 0 Å². The van der Waals surface area contributed by atoms with Gasteiger partial charge in [-0.3, -0.25) is 14.0 Å². The number of nitrogens with zero attached hydrogens (tertiary/aromatic N) is 1. The van der Waals surface area contributed by atoms with Gasteiger partial charge in [-0.25, -0.2) is 0 Å². The van der Waals surface area contributed by atoms with E-state index >= 15 is 0 Å². The van der Waals surface area contributed by atoms with Crippen LogP contribution in [0, 0.1) is 0 Å². The summed E-state index contributed by atoms with van der Waals surface area (Å²) < 4.78 is 22.1. The summed E-state index contributed by atoms with van der Waals surface area (Å²) in [5.74, 6) is 0. The summed E-state index contributed by atoms with van der Waals surface area (Å²) in [5, 5.41) is 0. The highest BCUT2D eigenvalue weighted by Crippen LogP contribution is 2.43. The van der Waals surface area contributed by atoms with Gasteiger partial charge >= 0.3 is 7.60 Å². The lowest BCUT2D eigenvalue weighted by atomic mass is 10.2. The molecular weight excluding hydrogens is 213 g/mol. The van der Waals surface area contributed by atoms with Crippen LogP contribution in [0.25, 0.3) is 0 Å². The van der Waals surface area contributed by atoms with Gasteiger partial charge in [0.25, 0.3) is 0 Å². The molecule has 0 bridgehead atoms. The van der Waals surface area contributed by atoms with Crippen molar-refractivity contribution in [2.45, 2.75) is 46.7 Å². The Hall–Kier alpha value is 0.110. The van der Waals surface area contributed by atoms with Crippen LogP contribution in [0.5, 0.6) is 0 Å². The van der Waals surface area contributed by atoms with E-state index in [4.69, 9.17) is 9.05 Å². The maximum atomic E-state index is 11.7. The number of hydrogen-bond acceptors (Lipinski definition) is 4. The van der Waals surface area contributed by atoms with Crippen molar-refractivity contribution in [2.24, 2.45) is 0 Å². The molecule has 0 fully saturated rings. The monoisotopic (exact) mass is 237 g/mol. The summed E-state index contributed by atoms with van der Waals surface area (Å²) in [6.07, 6.45) is 0. The predicted molar refractivity (Wildman–Crippen MR) is 63.2 cm³/mol. The van der Waals surface area contributed by atoms with E-state index in [0.717, 1.165) is 0 Å². The quantitative estimate of drug-likeness (QED) is 0.504. The fourth-order valence-electron chi connectivity index (χ4n) is 1.34. The Morgan fingerprint density at radius 1 is 1.13 bits per heavy atom. The average Bonchev–Trinajstić information content (AvgIpc) is 2.01. The summed E-state index contributed by atoms with van der Waals surface area (Å²) >= 11 is 0. The van der Waals surface area contributed by atoms with Crippen LogP contribution in [0.15, 0.2) is 0 Å². The molecule has 1 atom stereocenters. The lowest BCUT2D eigenvalue weighted by Crippen LogP contribution is -2.38. The number of hydrogen-bond donors (Lipinski definition) is 0. The Bertz CT molecular complexity index is 211. The summed E-state index contributed by atoms with van der Waals surface area (Å²) in [5.41, 5.74) is 0. The van der Waals surface area contributed by atoms with Crippen LogP contribution >= 0.6 is 7.60 Å². The van der Waals surface area contributed by atoms with Crippen LogP contribution in [0.3, 0.4) is 0 Å². The normalized spacial score (nSPS) is 16.3. The zero-order valence-electron chi connectivity index (χ0n) is 10.7. The van der Waals surface area contributed by atoms with E-state index in [1.807, 2.05) is 6.92 Å². The van der Waals surface area contributed by atoms with Crippen molar-refractivity contribution in [2.75, 3.05) is 20.0 Å². The summed E-state index contributed by atoms with van der Waals surface area (Å²) in [7, 11) is -2.87. The minimum absolute atomic E-state index is 0.350. The Morgan fingerprint density at radius 2 is 1.60 bits per heavy atom. The van der Waals surface area contributed by atoms with Gasteiger partial charge in [-0.15, -0.1) is 0 Å². The molecule has 4 nitrogen and oxygen atoms in total. The van der Waals surface area contributed by atoms with Gasteiger partial charge < -0.3 is 4.52 Å². The van der Waals surface area contributed by atoms with Crippen LogP contribution in [-0.4, -0.2) is 37.0 Å². The molecule has 0 aromatic rings. The van der Waals surface area contributed by atoms with E-state index < -0.39 is 7.60 Å². The molecular formula is C10H24NO3P. The van der Waals surface area contributed by atoms with Gasteiger partial charge in [0.2, 0.25) is 0 Å². The zero-order valence-corrected chi connectivity index (χ0v) is 11.6. The molecule has 15 heavy (non-hydrogen) atoms. The van der Waals surface area contributed by atoms with Crippen LogP contribution < -0.4 is 0 Å². The largest absolute Gasteiger partial charge is 0.328 e. The van der Waals surface area contributed by atoms with Crippen molar-refractivity contribution < 1.29 is 13.6 Å². The second-order valence-electron chi connectivity index (χ2n) is 4.15. The first-order valence-corrected chi connectivity index (χ1v) is 7.41. The topological polar surface area (TPSA) is 38.8 Å². The molecule has 0 radical (unpaired) electrons. The van der Waals surface area contributed by atoms with Crippen molar-refractivity contribution in [3.63, 3.8) is 0 Å². The zero-order chi connectivity index (χ0) is 12.1. The highest BCUT2D eigenvalue weighted by Gasteiger charge is 2.20. The Morgan fingerprint density at radius 3 is 1.93 bits per heavy atom. The maximum absolute atomic E-state index is 11.7. The van der Waals surface area contributed by atoms with Gasteiger partial charge in [0.05, 0.1) is 6.61 Å². The molecule has 0 N–H and O–H groups in total. The van der Waals surface area contributed by atoms with Gasteiger partial charge in [-0.05, 0) is 34.6 Å². The number of rotatable bonds is 7. The summed E-state index contributed by atoms with van der Waals surface area (Å²) in [4.78, 5) is 2.12. The smallest absolute Gasteiger partial charge is 0.309 e. The fraction of sp³-hybridized carbons (Fsp3) is 1.00. The van der Waals surface area contributed by atoms with E-state index in [0.29, 0.717) is 25.4 Å². The molecule has 1 unspecified atom stereocenters. The third kappa shape index (κ3) is 6.31. The van der Waals surface area contributed by atoms with Crippen molar-refractivity contribution in [3.8, 4) is 0 Å². The third-order valence-electron chi connectivity index (χ3n) is 2.13. The molecule has 0 heterocycles. The van der Waals surface area contributed by atoms with E-state index in [-0.39, 0.29) is 0 Å². The third-order valence-corrected chi connectivity index (χ3v) is 3.44. The first kappa shape index (κ1) is 15.1. The SMILES string of the molecule is CCOP(C)(=O)OCN(C(C)C)C(C)C. The van der Waals surface area contributed by atoms with Gasteiger partial charge in [0.15, 0.2) is 0 Å². The standard InChI is InChI=1S/C10H24NO3P/c1-7-13-15(6,12)14-8-11(9(2)3)10(4)5/h9-10H,7-8H2,1-6H3. The average molecular weight is 237 g/mol. The molecule has 92 valence electrons. The molecule has 0 aliphatic heterocycles. The summed E-state index contributed by atoms with van der Waals surface area (Å²) in [6, 6.07) is 0.734. The molecule has 0 aromatic carbocycles. The second-order valence-corrected chi connectivity index (χ2v) is 6.21. The molecule has 0 rings (SSSR count). The first-order chi connectivity index (χ1) is 6.80. The van der Waals surface area contributed by atoms with Crippen molar-refractivity contribution in [3.05, 3.63) is 0 Å². The molecule has 0 saturated carbocycles. The minimum Gasteiger partial charge on any atom is -0.309 e. The predicted octanol–water partition coefficient (Wildman–Crippen LogP) is 2.94. The second kappa shape index (κ2) is 6.64. The fourth-order valence-corrected chi connectivity index (χ4v) is 2.22. The maximum Gasteiger partial charge on any atom is 0.328 e. The Balaban J connectivity index is 4.16. The van der Waals surface area contributed by atoms with Crippen LogP contribution in [0.2, 0.25) is 0 Å². The molecule has 0 aliphatic rings. The van der Waals surface area contributed by atoms with E-state index in [1.165, 1.54) is 6.66 Å². The molecule has 0 aromatic heterocycles. The molecule has 0 spiro atoms. The first-order valence-electron chi connectivity index (χ1n) is 5.42. The molecule has 0 amide bonds. The van der Waals surface area contributed by atoms with E-state index in [2.05, 4.69) is 32.6 Å². The lowest BCUT2D eigenvalue weighted by Gasteiger charge is -2.30. The van der Waals surface area contributed by atoms with Gasteiger partial charge in [0.1, 0.15) is 6.73 Å². The Labute approximate surface area is 93.5 Å². The summed E-state index contributed by atoms with van der Waals surface area (Å²) in [6.45, 7) is 12.4. The minimum atomic E-state index is -2.87. The molecule has 0 aliphatic carbocycles. The van der Waals surface area contributed by atoms with E-state index in [9.17, 15) is 4.57 Å². The van der Waals surface area contributed by atoms with Crippen LogP contribution in [0.4, 0.5) is 0 Å². The van der Waals surface area contributed by atoms with Gasteiger partial charge in [0, 0.05) is 18.7 Å². The molecule has 5 heteroatoms. The van der Waals surface area contributed by atoms with Crippen molar-refractivity contribution in [1.82, 2.24) is 4.90 Å². The molecule has 0 saturated heterocycles. The van der Waals surface area contributed by atoms with Gasteiger partial charge in [-0.1, -0.05) is 0 Å². The van der Waals surface area contributed by atoms with Crippen LogP contribution in [0.1, 0.15) is 34.6 Å². The Kier molecular flexibility index (Phi) is 6.69.